The van der Waals surface area contributed by atoms with Crippen LogP contribution in [0.1, 0.15) is 21.3 Å². The van der Waals surface area contributed by atoms with Gasteiger partial charge in [0.2, 0.25) is 0 Å². The van der Waals surface area contributed by atoms with E-state index in [1.807, 2.05) is 6.07 Å². The Hall–Kier alpha value is -2.56. The number of benzene rings is 1. The summed E-state index contributed by atoms with van der Waals surface area (Å²) in [6.45, 7) is 9.20. The van der Waals surface area contributed by atoms with Crippen LogP contribution in [-0.4, -0.2) is 27.3 Å². The fraction of sp³-hybridized carbons (Fsp3) is 0.200. The number of para-hydroxylation sites is 1. The molecule has 0 atom stereocenters. The molecule has 1 aromatic carbocycles. The number of phenolic OH excluding ortho intramolecular Hbond substituents is 1. The Morgan fingerprint density at radius 1 is 0.900 bits per heavy atom. The Kier molecular flexibility index (Phi) is 14.6. The van der Waals surface area contributed by atoms with Crippen LogP contribution in [0.3, 0.4) is 0 Å². The maximum atomic E-state index is 9.60. The van der Waals surface area contributed by atoms with Crippen molar-refractivity contribution in [1.29, 1.82) is 0 Å². The van der Waals surface area contributed by atoms with E-state index < -0.39 is 11.9 Å². The van der Waals surface area contributed by atoms with Crippen LogP contribution < -0.4 is 0 Å². The van der Waals surface area contributed by atoms with E-state index in [1.54, 1.807) is 24.3 Å². The molecular formula is C15H22O5. The van der Waals surface area contributed by atoms with Gasteiger partial charge in [-0.3, -0.25) is 0 Å². The van der Waals surface area contributed by atoms with Gasteiger partial charge >= 0.3 is 11.9 Å². The van der Waals surface area contributed by atoms with Crippen LogP contribution in [0.2, 0.25) is 0 Å². The lowest BCUT2D eigenvalue weighted by Gasteiger charge is -1.82. The van der Waals surface area contributed by atoms with E-state index in [0.29, 0.717) is 5.75 Å². The molecule has 3 N–H and O–H groups in total. The zero-order chi connectivity index (χ0) is 15.4. The van der Waals surface area contributed by atoms with Gasteiger partial charge in [0.25, 0.3) is 0 Å². The second kappa shape index (κ2) is 12.9. The van der Waals surface area contributed by atoms with Gasteiger partial charge in [-0.1, -0.05) is 38.8 Å². The number of carbonyl (C=O) groups is 2. The molecule has 1 aromatic rings. The van der Waals surface area contributed by atoms with Crippen LogP contribution in [0, 0.1) is 0 Å². The molecule has 0 heterocycles. The topological polar surface area (TPSA) is 94.8 Å². The maximum Gasteiger partial charge on any atom is 0.330 e. The van der Waals surface area contributed by atoms with Gasteiger partial charge in [-0.05, 0) is 26.0 Å². The van der Waals surface area contributed by atoms with E-state index in [9.17, 15) is 9.59 Å². The molecule has 5 nitrogen and oxygen atoms in total. The molecule has 0 bridgehead atoms. The zero-order valence-electron chi connectivity index (χ0n) is 11.0. The third-order valence-electron chi connectivity index (χ3n) is 1.49. The van der Waals surface area contributed by atoms with E-state index in [-0.39, 0.29) is 18.6 Å². The van der Waals surface area contributed by atoms with E-state index in [2.05, 4.69) is 13.2 Å². The molecule has 0 aliphatic heterocycles. The number of carboxylic acid groups (broad SMARTS) is 2. The predicted molar refractivity (Wildman–Crippen MR) is 79.7 cm³/mol. The van der Waals surface area contributed by atoms with Crippen LogP contribution >= 0.6 is 0 Å². The summed E-state index contributed by atoms with van der Waals surface area (Å²) < 4.78 is 0. The van der Waals surface area contributed by atoms with Gasteiger partial charge in [-0.15, -0.1) is 0 Å². The molecule has 0 amide bonds. The minimum atomic E-state index is -0.935. The van der Waals surface area contributed by atoms with Crippen molar-refractivity contribution >= 4 is 11.9 Å². The number of rotatable bonds is 2. The summed E-state index contributed by atoms with van der Waals surface area (Å²) >= 11 is 0. The molecule has 112 valence electrons. The first kappa shape index (κ1) is 22.6. The predicted octanol–water partition coefficient (Wildman–Crippen LogP) is 3.32. The van der Waals surface area contributed by atoms with Crippen LogP contribution in [0.25, 0.3) is 0 Å². The molecule has 5 heteroatoms. The van der Waals surface area contributed by atoms with Gasteiger partial charge in [0.15, 0.2) is 0 Å². The monoisotopic (exact) mass is 282 g/mol. The molecule has 1 rings (SSSR count). The lowest BCUT2D eigenvalue weighted by molar-refractivity contribution is -0.133. The lowest BCUT2D eigenvalue weighted by atomic mass is 10.3. The maximum absolute atomic E-state index is 9.60. The third kappa shape index (κ3) is 17.8. The highest BCUT2D eigenvalue weighted by Gasteiger charge is 1.90. The number of phenols is 1. The van der Waals surface area contributed by atoms with Gasteiger partial charge in [-0.25, -0.2) is 9.59 Å². The largest absolute Gasteiger partial charge is 0.508 e. The highest BCUT2D eigenvalue weighted by Crippen LogP contribution is 2.02. The van der Waals surface area contributed by atoms with Crippen molar-refractivity contribution < 1.29 is 24.9 Å². The van der Waals surface area contributed by atoms with Crippen molar-refractivity contribution in [3.05, 3.63) is 54.6 Å². The highest BCUT2D eigenvalue weighted by atomic mass is 16.4. The first-order valence-corrected chi connectivity index (χ1v) is 5.20. The molecule has 20 heavy (non-hydrogen) atoms. The minimum Gasteiger partial charge on any atom is -0.508 e. The van der Waals surface area contributed by atoms with Gasteiger partial charge in [0, 0.05) is 11.1 Å². The number of carboxylic acids is 2. The molecule has 0 aliphatic carbocycles. The third-order valence-corrected chi connectivity index (χ3v) is 1.49. The second-order valence-electron chi connectivity index (χ2n) is 3.51. The van der Waals surface area contributed by atoms with Crippen LogP contribution in [-0.2, 0) is 9.59 Å². The highest BCUT2D eigenvalue weighted by molar-refractivity contribution is 5.85. The van der Waals surface area contributed by atoms with E-state index >= 15 is 0 Å². The number of hydrogen-bond donors (Lipinski definition) is 3. The standard InChI is InChI=1S/C6H6O.2C4H6O2.CH4/c7-6-4-2-1-3-5-6;2*1-3(2)4(5)6;/h1-5,7H;2*1H2,2H3,(H,5,6);1H4. The van der Waals surface area contributed by atoms with Crippen molar-refractivity contribution in [2.45, 2.75) is 21.3 Å². The Morgan fingerprint density at radius 3 is 1.25 bits per heavy atom. The SMILES string of the molecule is C.C=C(C)C(=O)O.C=C(C)C(=O)O.Oc1ccccc1. The molecule has 0 saturated heterocycles. The van der Waals surface area contributed by atoms with Crippen molar-refractivity contribution in [1.82, 2.24) is 0 Å². The smallest absolute Gasteiger partial charge is 0.330 e. The molecule has 0 aromatic heterocycles. The fourth-order valence-corrected chi connectivity index (χ4v) is 0.428. The second-order valence-corrected chi connectivity index (χ2v) is 3.51. The zero-order valence-corrected chi connectivity index (χ0v) is 11.0. The molecular weight excluding hydrogens is 260 g/mol. The molecule has 0 spiro atoms. The summed E-state index contributed by atoms with van der Waals surface area (Å²) in [4.78, 5) is 19.2. The molecule has 0 radical (unpaired) electrons. The van der Waals surface area contributed by atoms with Crippen LogP contribution in [0.15, 0.2) is 54.6 Å². The average Bonchev–Trinajstić information content (AvgIpc) is 2.31. The average molecular weight is 282 g/mol. The van der Waals surface area contributed by atoms with Crippen molar-refractivity contribution in [2.24, 2.45) is 0 Å². The molecule has 0 fully saturated rings. The van der Waals surface area contributed by atoms with Gasteiger partial charge in [0.05, 0.1) is 0 Å². The number of hydrogen-bond acceptors (Lipinski definition) is 3. The van der Waals surface area contributed by atoms with Gasteiger partial charge in [-0.2, -0.15) is 0 Å². The van der Waals surface area contributed by atoms with Crippen molar-refractivity contribution in [2.75, 3.05) is 0 Å². The van der Waals surface area contributed by atoms with Crippen LogP contribution in [0.5, 0.6) is 5.75 Å². The van der Waals surface area contributed by atoms with Crippen molar-refractivity contribution in [3.63, 3.8) is 0 Å². The molecule has 0 saturated carbocycles. The normalized spacial score (nSPS) is 7.50. The lowest BCUT2D eigenvalue weighted by Crippen LogP contribution is -1.92. The Balaban J connectivity index is -0.000000213. The van der Waals surface area contributed by atoms with Gasteiger partial charge in [0.1, 0.15) is 5.75 Å². The first-order chi connectivity index (χ1) is 8.68. The first-order valence-electron chi connectivity index (χ1n) is 5.20. The summed E-state index contributed by atoms with van der Waals surface area (Å²) in [6.07, 6.45) is 0. The van der Waals surface area contributed by atoms with E-state index in [4.69, 9.17) is 15.3 Å². The van der Waals surface area contributed by atoms with Crippen molar-refractivity contribution in [3.8, 4) is 5.75 Å². The van der Waals surface area contributed by atoms with E-state index in [1.165, 1.54) is 13.8 Å². The Bertz CT molecular complexity index is 387. The Labute approximate surface area is 119 Å². The van der Waals surface area contributed by atoms with Gasteiger partial charge < -0.3 is 15.3 Å². The summed E-state index contributed by atoms with van der Waals surface area (Å²) in [5.41, 5.74) is 0.352. The summed E-state index contributed by atoms with van der Waals surface area (Å²) in [6, 6.07) is 8.71. The minimum absolute atomic E-state index is 0. The summed E-state index contributed by atoms with van der Waals surface area (Å²) in [5, 5.41) is 24.4. The number of aliphatic carboxylic acids is 2. The fourth-order valence-electron chi connectivity index (χ4n) is 0.428. The molecule has 0 unspecified atom stereocenters. The summed E-state index contributed by atoms with van der Waals surface area (Å²) in [7, 11) is 0. The van der Waals surface area contributed by atoms with Crippen LogP contribution in [0.4, 0.5) is 0 Å². The number of aromatic hydroxyl groups is 1. The quantitative estimate of drug-likeness (QED) is 0.723. The van der Waals surface area contributed by atoms with E-state index in [0.717, 1.165) is 0 Å². The molecule has 0 aliphatic rings. The Morgan fingerprint density at radius 2 is 1.15 bits per heavy atom. The summed E-state index contributed by atoms with van der Waals surface area (Å²) in [5.74, 6) is -1.55.